The molecule has 4 nitrogen and oxygen atoms in total. The van der Waals surface area contributed by atoms with Crippen molar-refractivity contribution in [1.82, 2.24) is 19.6 Å². The number of halogens is 1. The molecule has 1 fully saturated rings. The van der Waals surface area contributed by atoms with E-state index in [1.165, 1.54) is 17.7 Å². The first-order valence-corrected chi connectivity index (χ1v) is 9.67. The van der Waals surface area contributed by atoms with Crippen molar-refractivity contribution in [1.29, 1.82) is 0 Å². The fraction of sp³-hybridized carbons (Fsp3) is 0.381. The molecular weight excluding hydrogens is 344 g/mol. The second-order valence-electron chi connectivity index (χ2n) is 7.18. The first kappa shape index (κ1) is 17.5. The molecule has 1 aliphatic rings. The molecule has 0 bridgehead atoms. The van der Waals surface area contributed by atoms with Gasteiger partial charge in [0.25, 0.3) is 0 Å². The fourth-order valence-electron chi connectivity index (χ4n) is 3.64. The molecule has 0 saturated carbocycles. The first-order chi connectivity index (χ1) is 12.6. The van der Waals surface area contributed by atoms with Gasteiger partial charge in [0, 0.05) is 36.4 Å². The van der Waals surface area contributed by atoms with E-state index >= 15 is 0 Å². The maximum atomic E-state index is 6.24. The molecule has 0 aliphatic carbocycles. The highest BCUT2D eigenvalue weighted by Crippen LogP contribution is 2.29. The van der Waals surface area contributed by atoms with E-state index in [4.69, 9.17) is 16.6 Å². The summed E-state index contributed by atoms with van der Waals surface area (Å²) >= 11 is 6.24. The maximum Gasteiger partial charge on any atom is 0.137 e. The molecule has 1 saturated heterocycles. The van der Waals surface area contributed by atoms with Gasteiger partial charge in [-0.3, -0.25) is 4.90 Å². The number of aryl methyl sites for hydroxylation is 2. The van der Waals surface area contributed by atoms with Gasteiger partial charge in [0.05, 0.1) is 11.4 Å². The maximum absolute atomic E-state index is 6.24. The highest BCUT2D eigenvalue weighted by atomic mass is 35.5. The van der Waals surface area contributed by atoms with Crippen LogP contribution in [0.1, 0.15) is 23.2 Å². The second-order valence-corrected chi connectivity index (χ2v) is 7.59. The number of pyridine rings is 1. The van der Waals surface area contributed by atoms with Crippen LogP contribution in [0, 0.1) is 13.8 Å². The summed E-state index contributed by atoms with van der Waals surface area (Å²) in [5.41, 5.74) is 6.78. The molecule has 0 atom stereocenters. The zero-order chi connectivity index (χ0) is 18.1. The van der Waals surface area contributed by atoms with Crippen LogP contribution in [0.25, 0.3) is 16.9 Å². The summed E-state index contributed by atoms with van der Waals surface area (Å²) in [5, 5.41) is 4.28. The zero-order valence-electron chi connectivity index (χ0n) is 15.4. The third-order valence-corrected chi connectivity index (χ3v) is 5.54. The van der Waals surface area contributed by atoms with Crippen LogP contribution in [0.15, 0.2) is 36.5 Å². The molecule has 136 valence electrons. The van der Waals surface area contributed by atoms with E-state index in [-0.39, 0.29) is 0 Å². The van der Waals surface area contributed by atoms with Crippen molar-refractivity contribution in [2.75, 3.05) is 26.2 Å². The monoisotopic (exact) mass is 368 g/mol. The molecule has 26 heavy (non-hydrogen) atoms. The van der Waals surface area contributed by atoms with Crippen LogP contribution in [0.5, 0.6) is 0 Å². The van der Waals surface area contributed by atoms with Gasteiger partial charge in [-0.25, -0.2) is 4.98 Å². The van der Waals surface area contributed by atoms with Crippen molar-refractivity contribution >= 4 is 17.2 Å². The minimum Gasteiger partial charge on any atom is -0.315 e. The Morgan fingerprint density at radius 3 is 2.85 bits per heavy atom. The molecule has 3 heterocycles. The molecule has 2 aromatic heterocycles. The minimum absolute atomic E-state index is 0.800. The van der Waals surface area contributed by atoms with E-state index < -0.39 is 0 Å². The Morgan fingerprint density at radius 1 is 1.12 bits per heavy atom. The Kier molecular flexibility index (Phi) is 4.98. The van der Waals surface area contributed by atoms with Crippen molar-refractivity contribution in [3.05, 3.63) is 58.4 Å². The van der Waals surface area contributed by atoms with E-state index in [1.54, 1.807) is 0 Å². The predicted octanol–water partition coefficient (Wildman–Crippen LogP) is 4.07. The van der Waals surface area contributed by atoms with Crippen molar-refractivity contribution in [2.45, 2.75) is 26.8 Å². The van der Waals surface area contributed by atoms with Crippen LogP contribution in [0.4, 0.5) is 0 Å². The van der Waals surface area contributed by atoms with Crippen molar-refractivity contribution < 1.29 is 0 Å². The van der Waals surface area contributed by atoms with Crippen LogP contribution < -0.4 is 5.32 Å². The summed E-state index contributed by atoms with van der Waals surface area (Å²) in [4.78, 5) is 7.50. The average molecular weight is 369 g/mol. The molecule has 4 rings (SSSR count). The summed E-state index contributed by atoms with van der Waals surface area (Å²) in [6.45, 7) is 9.40. The second kappa shape index (κ2) is 7.39. The highest BCUT2D eigenvalue weighted by Gasteiger charge is 2.18. The van der Waals surface area contributed by atoms with Gasteiger partial charge in [-0.1, -0.05) is 17.7 Å². The van der Waals surface area contributed by atoms with Gasteiger partial charge in [-0.2, -0.15) is 0 Å². The van der Waals surface area contributed by atoms with Crippen LogP contribution in [0.3, 0.4) is 0 Å². The summed E-state index contributed by atoms with van der Waals surface area (Å²) in [6.07, 6.45) is 3.33. The van der Waals surface area contributed by atoms with Crippen LogP contribution >= 0.6 is 11.6 Å². The SMILES string of the molecule is Cc1ccn2c(CN3CCCNCC3)c(-c3ccc(Cl)c(C)c3)nc2c1. The lowest BCUT2D eigenvalue weighted by Crippen LogP contribution is -2.28. The quantitative estimate of drug-likeness (QED) is 0.756. The van der Waals surface area contributed by atoms with Crippen LogP contribution in [-0.2, 0) is 6.54 Å². The molecule has 3 aromatic rings. The number of imidazole rings is 1. The van der Waals surface area contributed by atoms with E-state index in [2.05, 4.69) is 52.0 Å². The largest absolute Gasteiger partial charge is 0.315 e. The summed E-state index contributed by atoms with van der Waals surface area (Å²) in [5.74, 6) is 0. The molecule has 1 aliphatic heterocycles. The third kappa shape index (κ3) is 3.50. The first-order valence-electron chi connectivity index (χ1n) is 9.29. The topological polar surface area (TPSA) is 32.6 Å². The third-order valence-electron chi connectivity index (χ3n) is 5.12. The van der Waals surface area contributed by atoms with E-state index in [0.29, 0.717) is 0 Å². The summed E-state index contributed by atoms with van der Waals surface area (Å²) in [6, 6.07) is 10.5. The fourth-order valence-corrected chi connectivity index (χ4v) is 3.76. The van der Waals surface area contributed by atoms with Gasteiger partial charge in [0.1, 0.15) is 5.65 Å². The van der Waals surface area contributed by atoms with Crippen LogP contribution in [-0.4, -0.2) is 40.5 Å². The lowest BCUT2D eigenvalue weighted by molar-refractivity contribution is 0.281. The number of fused-ring (bicyclic) bond motifs is 1. The molecule has 5 heteroatoms. The summed E-state index contributed by atoms with van der Waals surface area (Å²) in [7, 11) is 0. The van der Waals surface area contributed by atoms with Gasteiger partial charge in [0.15, 0.2) is 0 Å². The Morgan fingerprint density at radius 2 is 2.00 bits per heavy atom. The standard InChI is InChI=1S/C21H25ClN4/c1-15-6-10-26-19(14-25-9-3-7-23-8-11-25)21(24-20(26)12-15)17-4-5-18(22)16(2)13-17/h4-6,10,12-13,23H,3,7-9,11,14H2,1-2H3. The Balaban J connectivity index is 1.81. The Bertz CT molecular complexity index is 923. The van der Waals surface area contributed by atoms with Crippen molar-refractivity contribution in [3.8, 4) is 11.3 Å². The average Bonchev–Trinajstić information content (AvgIpc) is 2.79. The normalized spacial score (nSPS) is 16.1. The van der Waals surface area contributed by atoms with Gasteiger partial charge in [-0.05, 0) is 68.8 Å². The van der Waals surface area contributed by atoms with Crippen molar-refractivity contribution in [3.63, 3.8) is 0 Å². The number of hydrogen-bond acceptors (Lipinski definition) is 3. The molecule has 1 N–H and O–H groups in total. The number of nitrogens with zero attached hydrogens (tertiary/aromatic N) is 3. The summed E-state index contributed by atoms with van der Waals surface area (Å²) < 4.78 is 2.24. The number of aromatic nitrogens is 2. The minimum atomic E-state index is 0.800. The Labute approximate surface area is 159 Å². The van der Waals surface area contributed by atoms with E-state index in [9.17, 15) is 0 Å². The molecule has 0 amide bonds. The molecular formula is C21H25ClN4. The van der Waals surface area contributed by atoms with Gasteiger partial charge < -0.3 is 9.72 Å². The van der Waals surface area contributed by atoms with E-state index in [1.807, 2.05) is 13.0 Å². The number of benzene rings is 1. The lowest BCUT2D eigenvalue weighted by atomic mass is 10.1. The number of rotatable bonds is 3. The van der Waals surface area contributed by atoms with Gasteiger partial charge in [0.2, 0.25) is 0 Å². The number of nitrogens with one attached hydrogen (secondary N) is 1. The predicted molar refractivity (Wildman–Crippen MR) is 108 cm³/mol. The molecule has 0 spiro atoms. The Hall–Kier alpha value is -1.88. The molecule has 0 unspecified atom stereocenters. The zero-order valence-corrected chi connectivity index (χ0v) is 16.2. The number of hydrogen-bond donors (Lipinski definition) is 1. The lowest BCUT2D eigenvalue weighted by Gasteiger charge is -2.20. The van der Waals surface area contributed by atoms with Gasteiger partial charge in [-0.15, -0.1) is 0 Å². The van der Waals surface area contributed by atoms with E-state index in [0.717, 1.165) is 60.2 Å². The van der Waals surface area contributed by atoms with Crippen molar-refractivity contribution in [2.24, 2.45) is 0 Å². The van der Waals surface area contributed by atoms with Gasteiger partial charge >= 0.3 is 0 Å². The molecule has 1 aromatic carbocycles. The van der Waals surface area contributed by atoms with Crippen LogP contribution in [0.2, 0.25) is 5.02 Å². The highest BCUT2D eigenvalue weighted by molar-refractivity contribution is 6.31. The molecule has 0 radical (unpaired) electrons. The smallest absolute Gasteiger partial charge is 0.137 e.